The molecule has 0 saturated carbocycles. The number of aromatic amines is 1. The van der Waals surface area contributed by atoms with Crippen LogP contribution in [0.25, 0.3) is 27.1 Å². The molecule has 0 aliphatic carbocycles. The summed E-state index contributed by atoms with van der Waals surface area (Å²) in [6.07, 6.45) is 1.43. The molecular weight excluding hydrogens is 424 g/mol. The van der Waals surface area contributed by atoms with Crippen LogP contribution in [0.15, 0.2) is 64.5 Å². The van der Waals surface area contributed by atoms with E-state index in [1.807, 2.05) is 24.3 Å². The standard InChI is InChI=1S/C24H19ClN6O/c1-29-23(18-9-21(25)15-5-3-2-4-14(15)20(18)11-27)19(10-26)13-6-7-16-17(8-13)22(12-28)30-31-24(16)32/h2-10H,12,26,28H2,1H3,(H,31,32). The van der Waals surface area contributed by atoms with Crippen LogP contribution in [-0.2, 0) is 6.54 Å². The van der Waals surface area contributed by atoms with Gasteiger partial charge in [0.05, 0.1) is 22.4 Å². The molecule has 4 aromatic rings. The van der Waals surface area contributed by atoms with Crippen molar-refractivity contribution < 1.29 is 0 Å². The number of rotatable bonds is 4. The van der Waals surface area contributed by atoms with Crippen molar-refractivity contribution in [3.63, 3.8) is 0 Å². The van der Waals surface area contributed by atoms with Gasteiger partial charge in [-0.15, -0.1) is 0 Å². The number of nitrogens with two attached hydrogens (primary N) is 2. The average Bonchev–Trinajstić information content (AvgIpc) is 2.82. The van der Waals surface area contributed by atoms with E-state index >= 15 is 0 Å². The number of nitrogens with zero attached hydrogens (tertiary/aromatic N) is 3. The molecule has 0 atom stereocenters. The molecule has 3 aromatic carbocycles. The average molecular weight is 443 g/mol. The van der Waals surface area contributed by atoms with Crippen molar-refractivity contribution in [3.05, 3.63) is 92.5 Å². The first-order chi connectivity index (χ1) is 15.5. The Kier molecular flexibility index (Phi) is 5.73. The maximum Gasteiger partial charge on any atom is 0.272 e. The number of aliphatic imine (C=N–C) groups is 1. The monoisotopic (exact) mass is 442 g/mol. The predicted octanol–water partition coefficient (Wildman–Crippen LogP) is 3.48. The van der Waals surface area contributed by atoms with E-state index < -0.39 is 0 Å². The van der Waals surface area contributed by atoms with Crippen LogP contribution >= 0.6 is 11.6 Å². The van der Waals surface area contributed by atoms with Gasteiger partial charge in [-0.3, -0.25) is 9.79 Å². The lowest BCUT2D eigenvalue weighted by Crippen LogP contribution is -2.14. The third-order valence-electron chi connectivity index (χ3n) is 5.38. The largest absolute Gasteiger partial charge is 0.404 e. The summed E-state index contributed by atoms with van der Waals surface area (Å²) < 4.78 is 0. The molecule has 5 N–H and O–H groups in total. The Morgan fingerprint density at radius 1 is 1.19 bits per heavy atom. The number of aromatic nitrogens is 2. The highest BCUT2D eigenvalue weighted by molar-refractivity contribution is 6.39. The first-order valence-electron chi connectivity index (χ1n) is 9.76. The van der Waals surface area contributed by atoms with Crippen molar-refractivity contribution in [2.75, 3.05) is 7.05 Å². The predicted molar refractivity (Wildman–Crippen MR) is 129 cm³/mol. The van der Waals surface area contributed by atoms with Gasteiger partial charge in [0.1, 0.15) is 6.07 Å². The number of H-pyrrole nitrogens is 1. The van der Waals surface area contributed by atoms with Crippen molar-refractivity contribution >= 4 is 44.4 Å². The number of nitrogens with one attached hydrogen (secondary N) is 1. The Bertz CT molecular complexity index is 1530. The molecule has 1 aromatic heterocycles. The Morgan fingerprint density at radius 3 is 2.59 bits per heavy atom. The minimum atomic E-state index is -0.306. The topological polar surface area (TPSA) is 134 Å². The van der Waals surface area contributed by atoms with Gasteiger partial charge < -0.3 is 11.5 Å². The number of fused-ring (bicyclic) bond motifs is 2. The molecule has 0 amide bonds. The van der Waals surface area contributed by atoms with Crippen molar-refractivity contribution in [2.45, 2.75) is 6.54 Å². The molecule has 1 heterocycles. The fourth-order valence-electron chi connectivity index (χ4n) is 3.88. The SMILES string of the molecule is CN=C(C(=CN)c1ccc2c(=O)[nH]nc(CN)c2c1)c1cc(Cl)c2ccccc2c1C#N. The van der Waals surface area contributed by atoms with E-state index in [9.17, 15) is 10.1 Å². The van der Waals surface area contributed by atoms with Crippen molar-refractivity contribution in [1.82, 2.24) is 10.2 Å². The van der Waals surface area contributed by atoms with E-state index in [2.05, 4.69) is 21.3 Å². The van der Waals surface area contributed by atoms with Gasteiger partial charge in [0.15, 0.2) is 0 Å². The summed E-state index contributed by atoms with van der Waals surface area (Å²) in [5, 5.41) is 19.6. The first kappa shape index (κ1) is 21.2. The van der Waals surface area contributed by atoms with Gasteiger partial charge in [0.2, 0.25) is 0 Å². The molecule has 0 saturated heterocycles. The Labute approximate surface area is 188 Å². The normalized spacial score (nSPS) is 12.3. The van der Waals surface area contributed by atoms with Gasteiger partial charge in [-0.25, -0.2) is 5.10 Å². The molecule has 0 aliphatic heterocycles. The zero-order chi connectivity index (χ0) is 22.8. The molecule has 7 nitrogen and oxygen atoms in total. The molecule has 0 radical (unpaired) electrons. The van der Waals surface area contributed by atoms with Crippen molar-refractivity contribution in [3.8, 4) is 6.07 Å². The molecule has 0 unspecified atom stereocenters. The third kappa shape index (κ3) is 3.42. The zero-order valence-electron chi connectivity index (χ0n) is 17.2. The van der Waals surface area contributed by atoms with Crippen LogP contribution in [0, 0.1) is 11.3 Å². The van der Waals surface area contributed by atoms with Crippen molar-refractivity contribution in [1.29, 1.82) is 5.26 Å². The number of halogens is 1. The van der Waals surface area contributed by atoms with E-state index in [1.165, 1.54) is 6.20 Å². The second-order valence-electron chi connectivity index (χ2n) is 7.05. The molecular formula is C24H19ClN6O. The quantitative estimate of drug-likeness (QED) is 0.416. The number of nitriles is 1. The summed E-state index contributed by atoms with van der Waals surface area (Å²) in [5.74, 6) is 0. The Hall–Kier alpha value is -3.99. The van der Waals surface area contributed by atoms with Gasteiger partial charge >= 0.3 is 0 Å². The summed E-state index contributed by atoms with van der Waals surface area (Å²) in [4.78, 5) is 16.6. The summed E-state index contributed by atoms with van der Waals surface area (Å²) in [5.41, 5.74) is 14.9. The van der Waals surface area contributed by atoms with Crippen LogP contribution in [0.4, 0.5) is 0 Å². The third-order valence-corrected chi connectivity index (χ3v) is 5.69. The van der Waals surface area contributed by atoms with Gasteiger partial charge in [0, 0.05) is 52.1 Å². The first-order valence-corrected chi connectivity index (χ1v) is 10.1. The lowest BCUT2D eigenvalue weighted by molar-refractivity contribution is 0.900. The summed E-state index contributed by atoms with van der Waals surface area (Å²) >= 11 is 6.55. The molecule has 0 fully saturated rings. The van der Waals surface area contributed by atoms with Crippen molar-refractivity contribution in [2.24, 2.45) is 16.5 Å². The smallest absolute Gasteiger partial charge is 0.272 e. The highest BCUT2D eigenvalue weighted by Gasteiger charge is 2.20. The Morgan fingerprint density at radius 2 is 1.94 bits per heavy atom. The zero-order valence-corrected chi connectivity index (χ0v) is 17.9. The van der Waals surface area contributed by atoms with Gasteiger partial charge in [-0.05, 0) is 23.8 Å². The van der Waals surface area contributed by atoms with Crippen LogP contribution in [0.5, 0.6) is 0 Å². The summed E-state index contributed by atoms with van der Waals surface area (Å²) in [7, 11) is 1.63. The minimum Gasteiger partial charge on any atom is -0.404 e. The summed E-state index contributed by atoms with van der Waals surface area (Å²) in [6, 6.07) is 16.7. The number of hydrogen-bond acceptors (Lipinski definition) is 6. The molecule has 0 spiro atoms. The second-order valence-corrected chi connectivity index (χ2v) is 7.46. The van der Waals surface area contributed by atoms with E-state index in [0.29, 0.717) is 49.5 Å². The van der Waals surface area contributed by atoms with E-state index in [4.69, 9.17) is 23.1 Å². The summed E-state index contributed by atoms with van der Waals surface area (Å²) in [6.45, 7) is 0.159. The number of hydrogen-bond donors (Lipinski definition) is 3. The molecule has 158 valence electrons. The van der Waals surface area contributed by atoms with E-state index in [-0.39, 0.29) is 12.1 Å². The molecule has 0 bridgehead atoms. The van der Waals surface area contributed by atoms with Crippen LogP contribution in [0.1, 0.15) is 22.4 Å². The molecule has 8 heteroatoms. The van der Waals surface area contributed by atoms with Crippen LogP contribution in [0.3, 0.4) is 0 Å². The highest BCUT2D eigenvalue weighted by atomic mass is 35.5. The lowest BCUT2D eigenvalue weighted by atomic mass is 9.90. The van der Waals surface area contributed by atoms with Gasteiger partial charge in [-0.2, -0.15) is 10.4 Å². The minimum absolute atomic E-state index is 0.159. The maximum atomic E-state index is 12.2. The van der Waals surface area contributed by atoms with Crippen LogP contribution in [0.2, 0.25) is 5.02 Å². The molecule has 0 aliphatic rings. The molecule has 32 heavy (non-hydrogen) atoms. The maximum absolute atomic E-state index is 12.2. The second kappa shape index (κ2) is 8.63. The van der Waals surface area contributed by atoms with Crippen LogP contribution in [-0.4, -0.2) is 23.0 Å². The van der Waals surface area contributed by atoms with Gasteiger partial charge in [-0.1, -0.05) is 41.9 Å². The molecule has 4 rings (SSSR count). The van der Waals surface area contributed by atoms with Crippen LogP contribution < -0.4 is 17.0 Å². The lowest BCUT2D eigenvalue weighted by Gasteiger charge is -2.15. The fourth-order valence-corrected chi connectivity index (χ4v) is 4.15. The van der Waals surface area contributed by atoms with Gasteiger partial charge in [0.25, 0.3) is 5.56 Å². The van der Waals surface area contributed by atoms with E-state index in [0.717, 1.165) is 10.8 Å². The highest BCUT2D eigenvalue weighted by Crippen LogP contribution is 2.33. The Balaban J connectivity index is 1.96. The van der Waals surface area contributed by atoms with E-state index in [1.54, 1.807) is 31.3 Å². The number of allylic oxidation sites excluding steroid dienone is 1. The number of benzene rings is 3. The fraction of sp³-hybridized carbons (Fsp3) is 0.0833.